The van der Waals surface area contributed by atoms with E-state index in [-0.39, 0.29) is 23.6 Å². The molecule has 1 N–H and O–H groups in total. The molecule has 3 heteroatoms. The monoisotopic (exact) mass is 238 g/mol. The van der Waals surface area contributed by atoms with Gasteiger partial charge in [-0.05, 0) is 42.2 Å². The van der Waals surface area contributed by atoms with Crippen LogP contribution >= 0.6 is 0 Å². The third-order valence-corrected chi connectivity index (χ3v) is 3.78. The molecule has 1 aliphatic carbocycles. The summed E-state index contributed by atoms with van der Waals surface area (Å²) in [7, 11) is 1.47. The van der Waals surface area contributed by atoms with E-state index < -0.39 is 0 Å². The zero-order valence-corrected chi connectivity index (χ0v) is 10.4. The maximum Gasteiger partial charge on any atom is 0.168 e. The van der Waals surface area contributed by atoms with E-state index in [4.69, 9.17) is 4.74 Å². The second kappa shape index (κ2) is 4.65. The summed E-state index contributed by atoms with van der Waals surface area (Å²) in [5.74, 6) is 0.506. The van der Waals surface area contributed by atoms with E-state index >= 15 is 0 Å². The molecule has 1 unspecified atom stereocenters. The molecule has 0 saturated heterocycles. The van der Waals surface area contributed by atoms with Gasteiger partial charge in [0.2, 0.25) is 0 Å². The van der Waals surface area contributed by atoms with Crippen molar-refractivity contribution in [1.82, 2.24) is 0 Å². The van der Waals surface area contributed by atoms with E-state index in [1.165, 1.54) is 7.11 Å². The van der Waals surface area contributed by atoms with Gasteiger partial charge in [-0.2, -0.15) is 0 Å². The lowest BCUT2D eigenvalue weighted by Crippen LogP contribution is -2.27. The van der Waals surface area contributed by atoms with E-state index in [1.54, 1.807) is 18.2 Å². The number of hydrogen-bond acceptors (Lipinski definition) is 2. The number of aliphatic hydroxyl groups is 1. The first kappa shape index (κ1) is 12.4. The Morgan fingerprint density at radius 2 is 2.18 bits per heavy atom. The van der Waals surface area contributed by atoms with Gasteiger partial charge in [-0.15, -0.1) is 0 Å². The molecule has 2 nitrogen and oxygen atoms in total. The van der Waals surface area contributed by atoms with Gasteiger partial charge in [0.1, 0.15) is 0 Å². The molecule has 0 amide bonds. The quantitative estimate of drug-likeness (QED) is 0.854. The van der Waals surface area contributed by atoms with Crippen LogP contribution in [0.3, 0.4) is 0 Å². The molecule has 0 aliphatic heterocycles. The van der Waals surface area contributed by atoms with Crippen LogP contribution in [0.4, 0.5) is 4.39 Å². The Hall–Kier alpha value is -1.09. The number of hydrogen-bond donors (Lipinski definition) is 1. The van der Waals surface area contributed by atoms with Crippen molar-refractivity contribution in [3.8, 4) is 5.75 Å². The summed E-state index contributed by atoms with van der Waals surface area (Å²) in [5, 5.41) is 9.52. The highest BCUT2D eigenvalue weighted by atomic mass is 19.1. The summed E-state index contributed by atoms with van der Waals surface area (Å²) in [6.07, 6.45) is 2.85. The molecule has 0 radical (unpaired) electrons. The highest BCUT2D eigenvalue weighted by molar-refractivity contribution is 5.32. The van der Waals surface area contributed by atoms with E-state index in [1.807, 2.05) is 6.92 Å². The van der Waals surface area contributed by atoms with Crippen LogP contribution in [0.25, 0.3) is 0 Å². The first-order valence-electron chi connectivity index (χ1n) is 6.03. The molecule has 0 spiro atoms. The molecular weight excluding hydrogens is 219 g/mol. The predicted molar refractivity (Wildman–Crippen MR) is 64.6 cm³/mol. The fraction of sp³-hybridized carbons (Fsp3) is 0.571. The molecule has 2 rings (SSSR count). The summed E-state index contributed by atoms with van der Waals surface area (Å²) in [5.41, 5.74) is 0.431. The van der Waals surface area contributed by atoms with Crippen molar-refractivity contribution in [1.29, 1.82) is 0 Å². The van der Waals surface area contributed by atoms with Gasteiger partial charge in [0.05, 0.1) is 7.11 Å². The molecule has 1 saturated carbocycles. The van der Waals surface area contributed by atoms with Crippen molar-refractivity contribution in [2.75, 3.05) is 13.7 Å². The van der Waals surface area contributed by atoms with Gasteiger partial charge < -0.3 is 9.84 Å². The highest BCUT2D eigenvalue weighted by Gasteiger charge is 2.41. The van der Waals surface area contributed by atoms with E-state index in [9.17, 15) is 9.50 Å². The Morgan fingerprint density at radius 1 is 1.47 bits per heavy atom. The van der Waals surface area contributed by atoms with E-state index in [2.05, 4.69) is 0 Å². The Kier molecular flexibility index (Phi) is 3.38. The van der Waals surface area contributed by atoms with Gasteiger partial charge in [-0.3, -0.25) is 0 Å². The molecule has 1 aromatic carbocycles. The fourth-order valence-corrected chi connectivity index (χ4v) is 2.40. The van der Waals surface area contributed by atoms with Gasteiger partial charge in [0.15, 0.2) is 11.6 Å². The summed E-state index contributed by atoms with van der Waals surface area (Å²) < 4.78 is 19.0. The standard InChI is InChI=1S/C14H19FO2/c1-14(9-16,11-6-7-11)8-10-4-3-5-12(17-2)13(10)15/h3-5,11,16H,6-9H2,1-2H3. The third-order valence-electron chi connectivity index (χ3n) is 3.78. The number of rotatable bonds is 5. The number of ether oxygens (including phenoxy) is 1. The molecule has 1 aliphatic rings. The molecular formula is C14H19FO2. The predicted octanol–water partition coefficient (Wildman–Crippen LogP) is 2.79. The average molecular weight is 238 g/mol. The minimum atomic E-state index is -0.296. The SMILES string of the molecule is COc1cccc(CC(C)(CO)C2CC2)c1F. The molecule has 94 valence electrons. The zero-order chi connectivity index (χ0) is 12.5. The summed E-state index contributed by atoms with van der Waals surface area (Å²) in [6, 6.07) is 5.18. The van der Waals surface area contributed by atoms with Crippen LogP contribution in [-0.4, -0.2) is 18.8 Å². The second-order valence-electron chi connectivity index (χ2n) is 5.20. The maximum atomic E-state index is 14.0. The Morgan fingerprint density at radius 3 is 2.71 bits per heavy atom. The van der Waals surface area contributed by atoms with Crippen LogP contribution in [0.1, 0.15) is 25.3 Å². The van der Waals surface area contributed by atoms with Crippen molar-refractivity contribution < 1.29 is 14.2 Å². The summed E-state index contributed by atoms with van der Waals surface area (Å²) in [4.78, 5) is 0. The van der Waals surface area contributed by atoms with Crippen molar-refractivity contribution in [2.24, 2.45) is 11.3 Å². The first-order valence-corrected chi connectivity index (χ1v) is 6.03. The van der Waals surface area contributed by atoms with E-state index in [0.717, 1.165) is 12.8 Å². The lowest BCUT2D eigenvalue weighted by Gasteiger charge is -2.27. The minimum Gasteiger partial charge on any atom is -0.494 e. The van der Waals surface area contributed by atoms with Crippen molar-refractivity contribution in [3.63, 3.8) is 0 Å². The maximum absolute atomic E-state index is 14.0. The van der Waals surface area contributed by atoms with Gasteiger partial charge in [0.25, 0.3) is 0 Å². The van der Waals surface area contributed by atoms with Gasteiger partial charge in [-0.1, -0.05) is 19.1 Å². The normalized spacial score (nSPS) is 18.8. The van der Waals surface area contributed by atoms with Crippen molar-refractivity contribution >= 4 is 0 Å². The van der Waals surface area contributed by atoms with Gasteiger partial charge in [-0.25, -0.2) is 4.39 Å². The zero-order valence-electron chi connectivity index (χ0n) is 10.4. The van der Waals surface area contributed by atoms with Gasteiger partial charge >= 0.3 is 0 Å². The third kappa shape index (κ3) is 2.44. The topological polar surface area (TPSA) is 29.5 Å². The number of aliphatic hydroxyl groups excluding tert-OH is 1. The van der Waals surface area contributed by atoms with Crippen LogP contribution in [0.2, 0.25) is 0 Å². The molecule has 1 fully saturated rings. The van der Waals surface area contributed by atoms with Gasteiger partial charge in [0, 0.05) is 6.61 Å². The van der Waals surface area contributed by atoms with Crippen LogP contribution in [0.15, 0.2) is 18.2 Å². The Balaban J connectivity index is 2.22. The summed E-state index contributed by atoms with van der Waals surface area (Å²) >= 11 is 0. The average Bonchev–Trinajstić information content (AvgIpc) is 3.16. The van der Waals surface area contributed by atoms with Crippen LogP contribution in [-0.2, 0) is 6.42 Å². The molecule has 1 atom stereocenters. The van der Waals surface area contributed by atoms with Crippen molar-refractivity contribution in [2.45, 2.75) is 26.2 Å². The largest absolute Gasteiger partial charge is 0.494 e. The summed E-state index contributed by atoms with van der Waals surface area (Å²) in [6.45, 7) is 2.14. The number of benzene rings is 1. The van der Waals surface area contributed by atoms with Crippen molar-refractivity contribution in [3.05, 3.63) is 29.6 Å². The molecule has 17 heavy (non-hydrogen) atoms. The lowest BCUT2D eigenvalue weighted by molar-refractivity contribution is 0.118. The number of halogens is 1. The molecule has 1 aromatic rings. The second-order valence-corrected chi connectivity index (χ2v) is 5.20. The number of methoxy groups -OCH3 is 1. The smallest absolute Gasteiger partial charge is 0.168 e. The van der Waals surface area contributed by atoms with Crippen LogP contribution < -0.4 is 4.74 Å². The lowest BCUT2D eigenvalue weighted by atomic mass is 9.79. The van der Waals surface area contributed by atoms with Crippen LogP contribution in [0, 0.1) is 17.2 Å². The first-order chi connectivity index (χ1) is 8.10. The van der Waals surface area contributed by atoms with E-state index in [0.29, 0.717) is 17.9 Å². The molecule has 0 heterocycles. The minimum absolute atomic E-state index is 0.105. The Bertz CT molecular complexity index is 401. The highest BCUT2D eigenvalue weighted by Crippen LogP contribution is 2.47. The molecule has 0 bridgehead atoms. The molecule has 0 aromatic heterocycles. The van der Waals surface area contributed by atoms with Crippen LogP contribution in [0.5, 0.6) is 5.75 Å². The Labute approximate surface area is 101 Å². The fourth-order valence-electron chi connectivity index (χ4n) is 2.40.